The topological polar surface area (TPSA) is 159 Å². The molecule has 2 aromatic carbocycles. The van der Waals surface area contributed by atoms with Crippen LogP contribution in [-0.2, 0) is 25.6 Å². The summed E-state index contributed by atoms with van der Waals surface area (Å²) in [6, 6.07) is 10.6. The molecule has 0 aliphatic carbocycles. The van der Waals surface area contributed by atoms with Crippen LogP contribution in [0, 0.1) is 11.8 Å². The fourth-order valence-corrected chi connectivity index (χ4v) is 5.13. The highest BCUT2D eigenvalue weighted by Gasteiger charge is 2.32. The molecular formula is C31H36N6O5. The molecule has 11 heteroatoms. The van der Waals surface area contributed by atoms with Gasteiger partial charge in [-0.1, -0.05) is 56.3 Å². The lowest BCUT2D eigenvalue weighted by atomic mass is 9.96. The van der Waals surface area contributed by atoms with Crippen LogP contribution in [0.3, 0.4) is 0 Å². The number of aldehydes is 1. The van der Waals surface area contributed by atoms with Crippen LogP contribution in [-0.4, -0.2) is 64.6 Å². The van der Waals surface area contributed by atoms with E-state index in [1.54, 1.807) is 0 Å². The van der Waals surface area contributed by atoms with Crippen molar-refractivity contribution in [2.24, 2.45) is 11.8 Å². The second kappa shape index (κ2) is 14.3. The van der Waals surface area contributed by atoms with E-state index >= 15 is 0 Å². The smallest absolute Gasteiger partial charge is 0.272 e. The van der Waals surface area contributed by atoms with Crippen molar-refractivity contribution in [3.05, 3.63) is 72.3 Å². The van der Waals surface area contributed by atoms with Gasteiger partial charge in [-0.05, 0) is 41.5 Å². The fraction of sp³-hybridized carbons (Fsp3) is 0.387. The summed E-state index contributed by atoms with van der Waals surface area (Å²) in [6.45, 7) is 4.36. The molecule has 0 bridgehead atoms. The Morgan fingerprint density at radius 1 is 1.00 bits per heavy atom. The summed E-state index contributed by atoms with van der Waals surface area (Å²) in [5.41, 5.74) is 0.892. The molecule has 1 aromatic heterocycles. The van der Waals surface area contributed by atoms with Gasteiger partial charge in [0.15, 0.2) is 0 Å². The van der Waals surface area contributed by atoms with Crippen LogP contribution in [0.4, 0.5) is 0 Å². The number of carbonyl (C=O) groups is 5. The summed E-state index contributed by atoms with van der Waals surface area (Å²) in [5, 5.41) is 12.9. The van der Waals surface area contributed by atoms with Crippen LogP contribution < -0.4 is 21.3 Å². The van der Waals surface area contributed by atoms with Crippen molar-refractivity contribution in [2.45, 2.75) is 57.7 Å². The Hall–Kier alpha value is -4.67. The summed E-state index contributed by atoms with van der Waals surface area (Å²) >= 11 is 0. The van der Waals surface area contributed by atoms with E-state index < -0.39 is 35.8 Å². The number of aromatic nitrogens is 2. The first kappa shape index (κ1) is 30.3. The van der Waals surface area contributed by atoms with E-state index in [0.717, 1.165) is 16.3 Å². The number of hydrogen-bond donors (Lipinski definition) is 4. The average Bonchev–Trinajstić information content (AvgIpc) is 3.40. The predicted molar refractivity (Wildman–Crippen MR) is 156 cm³/mol. The van der Waals surface area contributed by atoms with Crippen molar-refractivity contribution in [1.29, 1.82) is 0 Å². The molecule has 1 fully saturated rings. The zero-order valence-electron chi connectivity index (χ0n) is 23.7. The lowest BCUT2D eigenvalue weighted by Crippen LogP contribution is -2.56. The zero-order valence-corrected chi connectivity index (χ0v) is 23.7. The summed E-state index contributed by atoms with van der Waals surface area (Å²) < 4.78 is 0. The minimum atomic E-state index is -1.04. The van der Waals surface area contributed by atoms with Crippen LogP contribution in [0.25, 0.3) is 10.8 Å². The minimum absolute atomic E-state index is 0.0297. The molecule has 4 atom stereocenters. The highest BCUT2D eigenvalue weighted by molar-refractivity contribution is 5.98. The number of hydrogen-bond acceptors (Lipinski definition) is 7. The highest BCUT2D eigenvalue weighted by atomic mass is 16.2. The van der Waals surface area contributed by atoms with E-state index in [4.69, 9.17) is 0 Å². The SMILES string of the molecule is CC(C)C[C@H](NC(=O)[C@@H](Cc1cccc2ccccc12)NC(=O)c1cnccn1)C(=O)N[C@H](C=O)C[C@@H]1CCNC1=O. The Kier molecular flexibility index (Phi) is 10.3. The third-order valence-corrected chi connectivity index (χ3v) is 7.25. The van der Waals surface area contributed by atoms with E-state index in [1.807, 2.05) is 56.3 Å². The second-order valence-electron chi connectivity index (χ2n) is 10.9. The normalized spacial score (nSPS) is 16.7. The predicted octanol–water partition coefficient (Wildman–Crippen LogP) is 1.71. The van der Waals surface area contributed by atoms with Gasteiger partial charge in [0.05, 0.1) is 12.2 Å². The van der Waals surface area contributed by atoms with E-state index in [9.17, 15) is 24.0 Å². The van der Waals surface area contributed by atoms with Gasteiger partial charge in [-0.2, -0.15) is 0 Å². The highest BCUT2D eigenvalue weighted by Crippen LogP contribution is 2.20. The molecule has 42 heavy (non-hydrogen) atoms. The van der Waals surface area contributed by atoms with Gasteiger partial charge < -0.3 is 26.1 Å². The van der Waals surface area contributed by atoms with Gasteiger partial charge in [-0.25, -0.2) is 4.98 Å². The number of nitrogens with one attached hydrogen (secondary N) is 4. The molecule has 1 saturated heterocycles. The van der Waals surface area contributed by atoms with Gasteiger partial charge in [0, 0.05) is 31.3 Å². The second-order valence-corrected chi connectivity index (χ2v) is 10.9. The summed E-state index contributed by atoms with van der Waals surface area (Å²) in [7, 11) is 0. The molecule has 0 radical (unpaired) electrons. The van der Waals surface area contributed by atoms with Crippen molar-refractivity contribution in [2.75, 3.05) is 6.54 Å². The molecule has 3 aromatic rings. The maximum absolute atomic E-state index is 13.8. The lowest BCUT2D eigenvalue weighted by molar-refractivity contribution is -0.131. The van der Waals surface area contributed by atoms with Crippen molar-refractivity contribution >= 4 is 40.7 Å². The molecule has 1 aliphatic rings. The standard InChI is InChI=1S/C31H36N6O5/c1-19(2)14-25(29(40)35-23(18-38)15-22-10-11-34-28(22)39)36-30(41)26(37-31(42)27-17-32-12-13-33-27)16-21-8-5-7-20-6-3-4-9-24(20)21/h3-9,12-13,17-19,22-23,25-26H,10-11,14-16H2,1-2H3,(H,34,39)(H,35,40)(H,36,41)(H,37,42)/t22-,23-,25-,26+/m0/s1. The Balaban J connectivity index is 1.54. The maximum Gasteiger partial charge on any atom is 0.272 e. The Bertz CT molecular complexity index is 1420. The first-order valence-electron chi connectivity index (χ1n) is 14.1. The van der Waals surface area contributed by atoms with Crippen molar-refractivity contribution in [3.8, 4) is 0 Å². The number of amides is 4. The quantitative estimate of drug-likeness (QED) is 0.227. The third kappa shape index (κ3) is 7.96. The number of carbonyl (C=O) groups excluding carboxylic acids is 5. The van der Waals surface area contributed by atoms with Gasteiger partial charge in [0.1, 0.15) is 24.1 Å². The molecule has 1 aliphatic heterocycles. The molecular weight excluding hydrogens is 536 g/mol. The number of benzene rings is 2. The molecule has 4 amide bonds. The van der Waals surface area contributed by atoms with Crippen LogP contribution >= 0.6 is 0 Å². The monoisotopic (exact) mass is 572 g/mol. The van der Waals surface area contributed by atoms with E-state index in [1.165, 1.54) is 18.6 Å². The molecule has 0 saturated carbocycles. The molecule has 220 valence electrons. The van der Waals surface area contributed by atoms with E-state index in [0.29, 0.717) is 25.7 Å². The average molecular weight is 573 g/mol. The number of fused-ring (bicyclic) bond motifs is 1. The lowest BCUT2D eigenvalue weighted by Gasteiger charge is -2.26. The first-order chi connectivity index (χ1) is 20.2. The third-order valence-electron chi connectivity index (χ3n) is 7.25. The Labute approximate surface area is 244 Å². The maximum atomic E-state index is 13.8. The van der Waals surface area contributed by atoms with Crippen LogP contribution in [0.15, 0.2) is 61.1 Å². The van der Waals surface area contributed by atoms with Crippen LogP contribution in [0.5, 0.6) is 0 Å². The fourth-order valence-electron chi connectivity index (χ4n) is 5.13. The molecule has 4 rings (SSSR count). The van der Waals surface area contributed by atoms with Gasteiger partial charge in [-0.3, -0.25) is 24.2 Å². The van der Waals surface area contributed by atoms with E-state index in [2.05, 4.69) is 31.2 Å². The Morgan fingerprint density at radius 2 is 1.76 bits per heavy atom. The molecule has 0 unspecified atom stereocenters. The summed E-state index contributed by atoms with van der Waals surface area (Å²) in [4.78, 5) is 71.9. The largest absolute Gasteiger partial charge is 0.356 e. The molecule has 0 spiro atoms. The minimum Gasteiger partial charge on any atom is -0.356 e. The summed E-state index contributed by atoms with van der Waals surface area (Å²) in [6.07, 6.45) is 5.97. The summed E-state index contributed by atoms with van der Waals surface area (Å²) in [5.74, 6) is -2.14. The zero-order chi connectivity index (χ0) is 30.1. The van der Waals surface area contributed by atoms with Gasteiger partial charge in [0.2, 0.25) is 17.7 Å². The number of rotatable bonds is 13. The first-order valence-corrected chi connectivity index (χ1v) is 14.1. The van der Waals surface area contributed by atoms with Crippen molar-refractivity contribution in [3.63, 3.8) is 0 Å². The van der Waals surface area contributed by atoms with Crippen LogP contribution in [0.1, 0.15) is 49.2 Å². The molecule has 4 N–H and O–H groups in total. The van der Waals surface area contributed by atoms with Gasteiger partial charge >= 0.3 is 0 Å². The van der Waals surface area contributed by atoms with Crippen LogP contribution in [0.2, 0.25) is 0 Å². The molecule has 11 nitrogen and oxygen atoms in total. The molecule has 2 heterocycles. The van der Waals surface area contributed by atoms with E-state index in [-0.39, 0.29) is 36.3 Å². The van der Waals surface area contributed by atoms with Gasteiger partial charge in [0.25, 0.3) is 5.91 Å². The van der Waals surface area contributed by atoms with Crippen molar-refractivity contribution in [1.82, 2.24) is 31.2 Å². The van der Waals surface area contributed by atoms with Gasteiger partial charge in [-0.15, -0.1) is 0 Å². The van der Waals surface area contributed by atoms with Crippen molar-refractivity contribution < 1.29 is 24.0 Å². The number of nitrogens with zero attached hydrogens (tertiary/aromatic N) is 2. The Morgan fingerprint density at radius 3 is 2.45 bits per heavy atom.